The Morgan fingerprint density at radius 2 is 1.64 bits per heavy atom. The van der Waals surface area contributed by atoms with Gasteiger partial charge in [-0.15, -0.1) is 0 Å². The van der Waals surface area contributed by atoms with Crippen molar-refractivity contribution < 1.29 is 36.1 Å². The second kappa shape index (κ2) is 10.7. The summed E-state index contributed by atoms with van der Waals surface area (Å²) in [6.07, 6.45) is -4.24. The molecule has 0 aliphatic carbocycles. The summed E-state index contributed by atoms with van der Waals surface area (Å²) in [5.74, 6) is 0.301. The van der Waals surface area contributed by atoms with Crippen LogP contribution < -0.4 is 4.74 Å². The molecule has 0 unspecified atom stereocenters. The van der Waals surface area contributed by atoms with Crippen LogP contribution in [-0.2, 0) is 16.7 Å². The number of hydrogen-bond acceptors (Lipinski definition) is 5. The number of nitrogens with zero attached hydrogens (tertiary/aromatic N) is 1. The van der Waals surface area contributed by atoms with E-state index in [0.717, 1.165) is 5.56 Å². The Morgan fingerprint density at radius 1 is 1.07 bits per heavy atom. The number of halogens is 3. The Labute approximate surface area is 161 Å². The van der Waals surface area contributed by atoms with Crippen LogP contribution in [-0.4, -0.2) is 35.8 Å². The first kappa shape index (κ1) is 23.4. The predicted molar refractivity (Wildman–Crippen MR) is 98.3 cm³/mol. The molecule has 0 aliphatic rings. The fourth-order valence-corrected chi connectivity index (χ4v) is 2.50. The largest absolute Gasteiger partial charge is 0.489 e. The zero-order chi connectivity index (χ0) is 21.2. The summed E-state index contributed by atoms with van der Waals surface area (Å²) in [7, 11) is -3.67. The SMILES string of the molecule is CCCS(=O)(=O)O.ON=C(c1ccc(OCc2ccccc2)cc1)C(F)(F)F. The number of benzene rings is 2. The minimum Gasteiger partial charge on any atom is -0.489 e. The van der Waals surface area contributed by atoms with Crippen molar-refractivity contribution in [2.45, 2.75) is 26.1 Å². The molecule has 2 aromatic carbocycles. The Bertz CT molecular complexity index is 851. The van der Waals surface area contributed by atoms with Crippen molar-refractivity contribution >= 4 is 15.8 Å². The minimum atomic E-state index is -4.71. The summed E-state index contributed by atoms with van der Waals surface area (Å²) in [6, 6.07) is 14.6. The lowest BCUT2D eigenvalue weighted by molar-refractivity contribution is -0.0601. The molecule has 10 heteroatoms. The van der Waals surface area contributed by atoms with Crippen molar-refractivity contribution in [1.29, 1.82) is 0 Å². The van der Waals surface area contributed by atoms with Gasteiger partial charge >= 0.3 is 6.18 Å². The van der Waals surface area contributed by atoms with Gasteiger partial charge in [0, 0.05) is 5.56 Å². The number of hydrogen-bond donors (Lipinski definition) is 2. The van der Waals surface area contributed by atoms with Gasteiger partial charge in [-0.3, -0.25) is 4.55 Å². The molecule has 2 N–H and O–H groups in total. The van der Waals surface area contributed by atoms with Crippen LogP contribution in [0.1, 0.15) is 24.5 Å². The number of ether oxygens (including phenoxy) is 1. The Kier molecular flexibility index (Phi) is 8.93. The molecule has 2 rings (SSSR count). The van der Waals surface area contributed by atoms with E-state index < -0.39 is 22.0 Å². The molecule has 0 spiro atoms. The molecule has 0 radical (unpaired) electrons. The molecule has 154 valence electrons. The van der Waals surface area contributed by atoms with Crippen LogP contribution in [0.4, 0.5) is 13.2 Å². The summed E-state index contributed by atoms with van der Waals surface area (Å²) >= 11 is 0. The smallest absolute Gasteiger partial charge is 0.437 e. The van der Waals surface area contributed by atoms with E-state index in [4.69, 9.17) is 14.5 Å². The van der Waals surface area contributed by atoms with Crippen LogP contribution in [0.3, 0.4) is 0 Å². The average Bonchev–Trinajstić information content (AvgIpc) is 2.61. The van der Waals surface area contributed by atoms with E-state index >= 15 is 0 Å². The Hall–Kier alpha value is -2.59. The van der Waals surface area contributed by atoms with Gasteiger partial charge in [-0.25, -0.2) is 0 Å². The quantitative estimate of drug-likeness (QED) is 0.315. The van der Waals surface area contributed by atoms with Crippen LogP contribution in [0.15, 0.2) is 59.8 Å². The highest BCUT2D eigenvalue weighted by Gasteiger charge is 2.37. The third-order valence-corrected chi connectivity index (χ3v) is 4.13. The third-order valence-electron chi connectivity index (χ3n) is 3.21. The number of rotatable bonds is 6. The molecule has 0 atom stereocenters. The molecular weight excluding hydrogens is 399 g/mol. The predicted octanol–water partition coefficient (Wildman–Crippen LogP) is 4.29. The summed E-state index contributed by atoms with van der Waals surface area (Å²) in [4.78, 5) is 0. The van der Waals surface area contributed by atoms with E-state index in [1.165, 1.54) is 24.3 Å². The first-order valence-electron chi connectivity index (χ1n) is 8.08. The highest BCUT2D eigenvalue weighted by molar-refractivity contribution is 7.85. The van der Waals surface area contributed by atoms with E-state index in [1.807, 2.05) is 30.3 Å². The maximum Gasteiger partial charge on any atom is 0.437 e. The summed E-state index contributed by atoms with van der Waals surface area (Å²) in [5, 5.41) is 10.8. The van der Waals surface area contributed by atoms with Crippen LogP contribution in [0.2, 0.25) is 0 Å². The van der Waals surface area contributed by atoms with E-state index in [-0.39, 0.29) is 11.3 Å². The van der Waals surface area contributed by atoms with Gasteiger partial charge < -0.3 is 9.94 Å². The fourth-order valence-electron chi connectivity index (χ4n) is 1.99. The van der Waals surface area contributed by atoms with E-state index in [2.05, 4.69) is 5.16 Å². The summed E-state index contributed by atoms with van der Waals surface area (Å²) < 4.78 is 70.7. The summed E-state index contributed by atoms with van der Waals surface area (Å²) in [6.45, 7) is 2.01. The van der Waals surface area contributed by atoms with Gasteiger partial charge in [-0.2, -0.15) is 21.6 Å². The molecule has 0 amide bonds. The van der Waals surface area contributed by atoms with Crippen molar-refractivity contribution in [2.75, 3.05) is 5.75 Å². The van der Waals surface area contributed by atoms with Crippen LogP contribution in [0, 0.1) is 0 Å². The van der Waals surface area contributed by atoms with Crippen LogP contribution in [0.5, 0.6) is 5.75 Å². The number of alkyl halides is 3. The first-order valence-corrected chi connectivity index (χ1v) is 9.69. The highest BCUT2D eigenvalue weighted by atomic mass is 32.2. The van der Waals surface area contributed by atoms with Crippen LogP contribution in [0.25, 0.3) is 0 Å². The zero-order valence-electron chi connectivity index (χ0n) is 14.9. The lowest BCUT2D eigenvalue weighted by Gasteiger charge is -2.10. The van der Waals surface area contributed by atoms with Gasteiger partial charge in [0.05, 0.1) is 5.75 Å². The summed E-state index contributed by atoms with van der Waals surface area (Å²) in [5.41, 5.74) is -0.608. The maximum absolute atomic E-state index is 12.6. The monoisotopic (exact) mass is 419 g/mol. The molecule has 0 aliphatic heterocycles. The van der Waals surface area contributed by atoms with Gasteiger partial charge in [0.25, 0.3) is 10.1 Å². The Balaban J connectivity index is 0.000000480. The van der Waals surface area contributed by atoms with Crippen molar-refractivity contribution in [1.82, 2.24) is 0 Å². The third kappa shape index (κ3) is 8.87. The molecule has 0 heterocycles. The van der Waals surface area contributed by atoms with Gasteiger partial charge in [0.15, 0.2) is 5.71 Å². The fraction of sp³-hybridized carbons (Fsp3) is 0.278. The zero-order valence-corrected chi connectivity index (χ0v) is 15.7. The van der Waals surface area contributed by atoms with E-state index in [9.17, 15) is 21.6 Å². The van der Waals surface area contributed by atoms with Gasteiger partial charge in [0.2, 0.25) is 0 Å². The molecular formula is C18H20F3NO5S. The van der Waals surface area contributed by atoms with Gasteiger partial charge in [-0.1, -0.05) is 42.4 Å². The lowest BCUT2D eigenvalue weighted by Crippen LogP contribution is -2.23. The van der Waals surface area contributed by atoms with Crippen molar-refractivity contribution in [2.24, 2.45) is 5.16 Å². The molecule has 0 saturated carbocycles. The molecule has 0 saturated heterocycles. The second-order valence-corrected chi connectivity index (χ2v) is 7.10. The topological polar surface area (TPSA) is 96.2 Å². The number of oxime groups is 1. The van der Waals surface area contributed by atoms with Crippen molar-refractivity contribution in [3.8, 4) is 5.75 Å². The Morgan fingerprint density at radius 3 is 2.04 bits per heavy atom. The van der Waals surface area contributed by atoms with Crippen molar-refractivity contribution in [3.63, 3.8) is 0 Å². The van der Waals surface area contributed by atoms with Crippen LogP contribution >= 0.6 is 0 Å². The first-order chi connectivity index (χ1) is 13.1. The van der Waals surface area contributed by atoms with E-state index in [1.54, 1.807) is 6.92 Å². The molecule has 0 fully saturated rings. The molecule has 0 bridgehead atoms. The second-order valence-electron chi connectivity index (χ2n) is 5.53. The molecule has 2 aromatic rings. The van der Waals surface area contributed by atoms with Gasteiger partial charge in [-0.05, 0) is 36.2 Å². The average molecular weight is 419 g/mol. The van der Waals surface area contributed by atoms with Gasteiger partial charge in [0.1, 0.15) is 12.4 Å². The maximum atomic E-state index is 12.6. The van der Waals surface area contributed by atoms with E-state index in [0.29, 0.717) is 18.8 Å². The molecule has 6 nitrogen and oxygen atoms in total. The molecule has 0 aromatic heterocycles. The standard InChI is InChI=1S/C15H12F3NO2.C3H8O3S/c16-15(17,18)14(19-20)12-6-8-13(9-7-12)21-10-11-4-2-1-3-5-11;1-2-3-7(4,5)6/h1-9,20H,10H2;2-3H2,1H3,(H,4,5,6). The highest BCUT2D eigenvalue weighted by Crippen LogP contribution is 2.24. The van der Waals surface area contributed by atoms with Crippen molar-refractivity contribution in [3.05, 3.63) is 65.7 Å². The lowest BCUT2D eigenvalue weighted by atomic mass is 10.1. The minimum absolute atomic E-state index is 0.132. The normalized spacial score (nSPS) is 12.1. The molecule has 28 heavy (non-hydrogen) atoms.